The van der Waals surface area contributed by atoms with Crippen LogP contribution >= 0.6 is 22.9 Å². The number of thiazole rings is 1. The maximum absolute atomic E-state index is 11.4. The summed E-state index contributed by atoms with van der Waals surface area (Å²) in [6.45, 7) is 0.952. The number of hydrogen-bond acceptors (Lipinski definition) is 5. The van der Waals surface area contributed by atoms with E-state index < -0.39 is 9.84 Å². The van der Waals surface area contributed by atoms with Crippen molar-refractivity contribution in [1.82, 2.24) is 9.88 Å². The third-order valence-corrected chi connectivity index (χ3v) is 6.70. The lowest BCUT2D eigenvalue weighted by Crippen LogP contribution is -2.33. The zero-order chi connectivity index (χ0) is 14.6. The first-order valence-electron chi connectivity index (χ1n) is 6.90. The highest BCUT2D eigenvalue weighted by Gasteiger charge is 2.30. The summed E-state index contributed by atoms with van der Waals surface area (Å²) in [5.74, 6) is 1.16. The number of halogens is 1. The van der Waals surface area contributed by atoms with E-state index in [1.165, 1.54) is 0 Å². The molecule has 114 valence electrons. The summed E-state index contributed by atoms with van der Waals surface area (Å²) in [5, 5.41) is 3.16. The Bertz CT molecular complexity index is 530. The van der Waals surface area contributed by atoms with Crippen LogP contribution in [0.25, 0.3) is 0 Å². The topological polar surface area (TPSA) is 50.3 Å². The number of aromatic nitrogens is 1. The molecule has 0 radical (unpaired) electrons. The SMILES string of the molecule is CN(CCCCc1nc(CCl)cs1)C1CCS(=O)(=O)C1. The quantitative estimate of drug-likeness (QED) is 0.566. The standard InChI is InChI=1S/C13H21ClN2O2S2/c1-16(12-5-7-20(17,18)10-12)6-3-2-4-13-15-11(8-14)9-19-13/h9,12H,2-8,10H2,1H3. The average molecular weight is 337 g/mol. The molecule has 1 aliphatic rings. The van der Waals surface area contributed by atoms with Crippen LogP contribution in [0.3, 0.4) is 0 Å². The van der Waals surface area contributed by atoms with Crippen LogP contribution in [0.2, 0.25) is 0 Å². The van der Waals surface area contributed by atoms with Gasteiger partial charge in [0.1, 0.15) is 0 Å². The van der Waals surface area contributed by atoms with E-state index in [4.69, 9.17) is 11.6 Å². The van der Waals surface area contributed by atoms with E-state index in [0.717, 1.165) is 42.9 Å². The average Bonchev–Trinajstić information content (AvgIpc) is 3.00. The molecule has 20 heavy (non-hydrogen) atoms. The molecule has 0 bridgehead atoms. The highest BCUT2D eigenvalue weighted by Crippen LogP contribution is 2.18. The van der Waals surface area contributed by atoms with Gasteiger partial charge in [-0.25, -0.2) is 13.4 Å². The molecule has 1 aromatic rings. The Morgan fingerprint density at radius 3 is 2.90 bits per heavy atom. The van der Waals surface area contributed by atoms with Gasteiger partial charge >= 0.3 is 0 Å². The molecule has 4 nitrogen and oxygen atoms in total. The molecule has 0 aliphatic carbocycles. The summed E-state index contributed by atoms with van der Waals surface area (Å²) in [6.07, 6.45) is 3.92. The number of unbranched alkanes of at least 4 members (excludes halogenated alkanes) is 1. The van der Waals surface area contributed by atoms with Gasteiger partial charge in [0.05, 0.1) is 28.1 Å². The minimum atomic E-state index is -2.78. The normalized spacial score (nSPS) is 21.6. The van der Waals surface area contributed by atoms with Crippen LogP contribution in [0.15, 0.2) is 5.38 Å². The summed E-state index contributed by atoms with van der Waals surface area (Å²) in [4.78, 5) is 6.63. The molecule has 1 unspecified atom stereocenters. The Hall–Kier alpha value is -0.170. The number of sulfone groups is 1. The molecule has 1 aliphatic heterocycles. The second-order valence-corrected chi connectivity index (χ2v) is 8.80. The zero-order valence-electron chi connectivity index (χ0n) is 11.7. The van der Waals surface area contributed by atoms with Crippen molar-refractivity contribution < 1.29 is 8.42 Å². The van der Waals surface area contributed by atoms with E-state index in [9.17, 15) is 8.42 Å². The third kappa shape index (κ3) is 4.69. The van der Waals surface area contributed by atoms with Gasteiger partial charge in [-0.05, 0) is 39.3 Å². The molecule has 0 amide bonds. The maximum Gasteiger partial charge on any atom is 0.151 e. The van der Waals surface area contributed by atoms with Gasteiger partial charge in [-0.2, -0.15) is 0 Å². The van der Waals surface area contributed by atoms with Crippen LogP contribution in [0, 0.1) is 0 Å². The van der Waals surface area contributed by atoms with E-state index in [-0.39, 0.29) is 6.04 Å². The molecule has 0 spiro atoms. The number of nitrogens with zero attached hydrogens (tertiary/aromatic N) is 2. The third-order valence-electron chi connectivity index (χ3n) is 3.72. The van der Waals surface area contributed by atoms with E-state index in [2.05, 4.69) is 9.88 Å². The lowest BCUT2D eigenvalue weighted by atomic mass is 10.2. The molecule has 0 N–H and O–H groups in total. The molecule has 2 rings (SSSR count). The number of aryl methyl sites for hydroxylation is 1. The van der Waals surface area contributed by atoms with Gasteiger partial charge in [-0.1, -0.05) is 0 Å². The lowest BCUT2D eigenvalue weighted by molar-refractivity contribution is 0.257. The van der Waals surface area contributed by atoms with Crippen LogP contribution < -0.4 is 0 Å². The molecule has 0 aromatic carbocycles. The van der Waals surface area contributed by atoms with E-state index in [1.807, 2.05) is 12.4 Å². The van der Waals surface area contributed by atoms with E-state index in [1.54, 1.807) is 11.3 Å². The predicted molar refractivity (Wildman–Crippen MR) is 84.3 cm³/mol. The number of alkyl halides is 1. The summed E-state index contributed by atoms with van der Waals surface area (Å²) in [6, 6.07) is 0.211. The van der Waals surface area contributed by atoms with Crippen molar-refractivity contribution in [2.75, 3.05) is 25.1 Å². The second kappa shape index (κ2) is 7.20. The highest BCUT2D eigenvalue weighted by molar-refractivity contribution is 7.91. The fourth-order valence-corrected chi connectivity index (χ4v) is 5.34. The van der Waals surface area contributed by atoms with Crippen molar-refractivity contribution in [3.05, 3.63) is 16.1 Å². The predicted octanol–water partition coefficient (Wildman–Crippen LogP) is 2.32. The Labute approximate surface area is 130 Å². The van der Waals surface area contributed by atoms with Gasteiger partial charge < -0.3 is 4.90 Å². The largest absolute Gasteiger partial charge is 0.302 e. The minimum absolute atomic E-state index is 0.211. The molecular formula is C13H21ClN2O2S2. The second-order valence-electron chi connectivity index (χ2n) is 5.36. The van der Waals surface area contributed by atoms with E-state index in [0.29, 0.717) is 17.4 Å². The molecular weight excluding hydrogens is 316 g/mol. The van der Waals surface area contributed by atoms with Crippen LogP contribution in [0.4, 0.5) is 0 Å². The monoisotopic (exact) mass is 336 g/mol. The van der Waals surface area contributed by atoms with Crippen LogP contribution in [0.5, 0.6) is 0 Å². The first-order chi connectivity index (χ1) is 9.50. The molecule has 1 fully saturated rings. The first-order valence-corrected chi connectivity index (χ1v) is 10.1. The zero-order valence-corrected chi connectivity index (χ0v) is 14.1. The van der Waals surface area contributed by atoms with Gasteiger partial charge in [0.2, 0.25) is 0 Å². The fourth-order valence-electron chi connectivity index (χ4n) is 2.47. The molecule has 1 saturated heterocycles. The van der Waals surface area contributed by atoms with Crippen molar-refractivity contribution in [3.63, 3.8) is 0 Å². The number of rotatable bonds is 7. The van der Waals surface area contributed by atoms with Gasteiger partial charge in [0.15, 0.2) is 9.84 Å². The van der Waals surface area contributed by atoms with Crippen molar-refractivity contribution in [3.8, 4) is 0 Å². The molecule has 1 aromatic heterocycles. The molecule has 1 atom stereocenters. The van der Waals surface area contributed by atoms with Crippen molar-refractivity contribution in [1.29, 1.82) is 0 Å². The van der Waals surface area contributed by atoms with Crippen molar-refractivity contribution >= 4 is 32.8 Å². The van der Waals surface area contributed by atoms with Crippen LogP contribution in [-0.4, -0.2) is 49.4 Å². The maximum atomic E-state index is 11.4. The summed E-state index contributed by atoms with van der Waals surface area (Å²) in [7, 11) is -0.748. The molecule has 2 heterocycles. The minimum Gasteiger partial charge on any atom is -0.302 e. The van der Waals surface area contributed by atoms with Gasteiger partial charge in [0.25, 0.3) is 0 Å². The highest BCUT2D eigenvalue weighted by atomic mass is 35.5. The van der Waals surface area contributed by atoms with Crippen molar-refractivity contribution in [2.24, 2.45) is 0 Å². The van der Waals surface area contributed by atoms with Crippen molar-refractivity contribution in [2.45, 2.75) is 37.6 Å². The first kappa shape index (κ1) is 16.2. The number of hydrogen-bond donors (Lipinski definition) is 0. The van der Waals surface area contributed by atoms with Crippen LogP contribution in [0.1, 0.15) is 30.0 Å². The van der Waals surface area contributed by atoms with Gasteiger partial charge in [-0.15, -0.1) is 22.9 Å². The molecule has 0 saturated carbocycles. The lowest BCUT2D eigenvalue weighted by Gasteiger charge is -2.22. The van der Waals surface area contributed by atoms with Gasteiger partial charge in [0, 0.05) is 11.4 Å². The summed E-state index contributed by atoms with van der Waals surface area (Å²) < 4.78 is 22.9. The smallest absolute Gasteiger partial charge is 0.151 e. The molecule has 7 heteroatoms. The van der Waals surface area contributed by atoms with Crippen LogP contribution in [-0.2, 0) is 22.1 Å². The Morgan fingerprint density at radius 2 is 2.30 bits per heavy atom. The summed E-state index contributed by atoms with van der Waals surface area (Å²) >= 11 is 7.40. The Kier molecular flexibility index (Phi) is 5.84. The Balaban J connectivity index is 1.66. The van der Waals surface area contributed by atoms with Gasteiger partial charge in [-0.3, -0.25) is 0 Å². The fraction of sp³-hybridized carbons (Fsp3) is 0.769. The summed E-state index contributed by atoms with van der Waals surface area (Å²) in [5.41, 5.74) is 0.958. The Morgan fingerprint density at radius 1 is 1.50 bits per heavy atom. The van der Waals surface area contributed by atoms with E-state index >= 15 is 0 Å².